The largest absolute Gasteiger partial charge is 0.294 e. The van der Waals surface area contributed by atoms with E-state index in [-0.39, 0.29) is 5.56 Å². The fourth-order valence-corrected chi connectivity index (χ4v) is 3.87. The monoisotopic (exact) mass is 339 g/mol. The fraction of sp³-hybridized carbons (Fsp3) is 0.385. The standard InChI is InChI=1S/C13H14BrN3OS/c1-16-13(18)6-9-7-17(5-4-11(9)15-16)8-10-2-3-12(14)19-10/h2-3,6H,4-5,7-8H2,1H3. The van der Waals surface area contributed by atoms with Crippen LogP contribution < -0.4 is 5.56 Å². The van der Waals surface area contributed by atoms with Gasteiger partial charge in [0.15, 0.2) is 0 Å². The minimum absolute atomic E-state index is 0.0283. The van der Waals surface area contributed by atoms with E-state index in [2.05, 4.69) is 38.1 Å². The number of aryl methyl sites for hydroxylation is 1. The van der Waals surface area contributed by atoms with Crippen molar-refractivity contribution in [1.82, 2.24) is 14.7 Å². The Balaban J connectivity index is 1.78. The predicted molar refractivity (Wildman–Crippen MR) is 79.3 cm³/mol. The van der Waals surface area contributed by atoms with Crippen molar-refractivity contribution in [3.63, 3.8) is 0 Å². The molecule has 0 saturated carbocycles. The van der Waals surface area contributed by atoms with Crippen LogP contribution >= 0.6 is 27.3 Å². The second-order valence-electron chi connectivity index (χ2n) is 4.74. The van der Waals surface area contributed by atoms with Crippen LogP contribution in [0.15, 0.2) is 26.8 Å². The number of rotatable bonds is 2. The van der Waals surface area contributed by atoms with Crippen LogP contribution in [0, 0.1) is 0 Å². The van der Waals surface area contributed by atoms with E-state index in [1.807, 2.05) is 0 Å². The van der Waals surface area contributed by atoms with Gasteiger partial charge in [-0.1, -0.05) is 0 Å². The second-order valence-corrected chi connectivity index (χ2v) is 7.29. The van der Waals surface area contributed by atoms with Crippen LogP contribution in [0.1, 0.15) is 16.1 Å². The van der Waals surface area contributed by atoms with Gasteiger partial charge in [-0.25, -0.2) is 4.68 Å². The Bertz CT molecular complexity index is 664. The molecule has 0 aromatic carbocycles. The highest BCUT2D eigenvalue weighted by molar-refractivity contribution is 9.11. The lowest BCUT2D eigenvalue weighted by molar-refractivity contribution is 0.243. The highest BCUT2D eigenvalue weighted by Crippen LogP contribution is 2.25. The summed E-state index contributed by atoms with van der Waals surface area (Å²) in [7, 11) is 1.71. The van der Waals surface area contributed by atoms with Crippen LogP contribution in [0.25, 0.3) is 0 Å². The zero-order valence-corrected chi connectivity index (χ0v) is 13.0. The van der Waals surface area contributed by atoms with Crippen LogP contribution in [-0.4, -0.2) is 21.2 Å². The smallest absolute Gasteiger partial charge is 0.266 e. The quantitative estimate of drug-likeness (QED) is 0.841. The summed E-state index contributed by atoms with van der Waals surface area (Å²) in [4.78, 5) is 15.3. The number of aromatic nitrogens is 2. The van der Waals surface area contributed by atoms with Crippen molar-refractivity contribution in [2.75, 3.05) is 6.54 Å². The number of fused-ring (bicyclic) bond motifs is 1. The van der Waals surface area contributed by atoms with E-state index >= 15 is 0 Å². The summed E-state index contributed by atoms with van der Waals surface area (Å²) < 4.78 is 2.58. The summed E-state index contributed by atoms with van der Waals surface area (Å²) in [5.74, 6) is 0. The summed E-state index contributed by atoms with van der Waals surface area (Å²) in [5, 5.41) is 4.33. The van der Waals surface area contributed by atoms with Gasteiger partial charge in [0.2, 0.25) is 0 Å². The van der Waals surface area contributed by atoms with E-state index in [0.29, 0.717) is 0 Å². The maximum atomic E-state index is 11.6. The van der Waals surface area contributed by atoms with Gasteiger partial charge in [0.05, 0.1) is 9.48 Å². The molecule has 0 bridgehead atoms. The third-order valence-corrected chi connectivity index (χ3v) is 4.93. The topological polar surface area (TPSA) is 38.1 Å². The molecule has 0 fully saturated rings. The first-order valence-electron chi connectivity index (χ1n) is 6.14. The first-order chi connectivity index (χ1) is 9.11. The first-order valence-corrected chi connectivity index (χ1v) is 7.75. The van der Waals surface area contributed by atoms with Crippen LogP contribution in [0.4, 0.5) is 0 Å². The van der Waals surface area contributed by atoms with Gasteiger partial charge < -0.3 is 0 Å². The normalized spacial score (nSPS) is 15.5. The summed E-state index contributed by atoms with van der Waals surface area (Å²) >= 11 is 5.25. The maximum Gasteiger partial charge on any atom is 0.266 e. The van der Waals surface area contributed by atoms with E-state index in [0.717, 1.165) is 41.1 Å². The molecular formula is C13H14BrN3OS. The lowest BCUT2D eigenvalue weighted by Gasteiger charge is -2.27. The highest BCUT2D eigenvalue weighted by Gasteiger charge is 2.19. The van der Waals surface area contributed by atoms with Crippen molar-refractivity contribution >= 4 is 27.3 Å². The number of nitrogens with zero attached hydrogens (tertiary/aromatic N) is 3. The van der Waals surface area contributed by atoms with Gasteiger partial charge in [0.25, 0.3) is 5.56 Å². The lowest BCUT2D eigenvalue weighted by atomic mass is 10.1. The van der Waals surface area contributed by atoms with Gasteiger partial charge in [-0.05, 0) is 33.6 Å². The molecular weight excluding hydrogens is 326 g/mol. The minimum atomic E-state index is -0.0283. The van der Waals surface area contributed by atoms with Crippen molar-refractivity contribution in [2.24, 2.45) is 7.05 Å². The van der Waals surface area contributed by atoms with Crippen LogP contribution in [0.2, 0.25) is 0 Å². The zero-order chi connectivity index (χ0) is 13.4. The Morgan fingerprint density at radius 2 is 2.32 bits per heavy atom. The van der Waals surface area contributed by atoms with Gasteiger partial charge in [-0.2, -0.15) is 5.10 Å². The molecule has 0 aliphatic carbocycles. The summed E-state index contributed by atoms with van der Waals surface area (Å²) in [6.45, 7) is 2.74. The SMILES string of the molecule is Cn1nc2c(cc1=O)CN(Cc1ccc(Br)s1)CC2. The first kappa shape index (κ1) is 13.0. The fourth-order valence-electron chi connectivity index (χ4n) is 2.34. The molecule has 0 N–H and O–H groups in total. The Hall–Kier alpha value is -0.980. The number of hydrogen-bond donors (Lipinski definition) is 0. The van der Waals surface area contributed by atoms with Gasteiger partial charge in [0.1, 0.15) is 0 Å². The molecule has 4 nitrogen and oxygen atoms in total. The molecule has 0 unspecified atom stereocenters. The second kappa shape index (κ2) is 5.19. The number of thiophene rings is 1. The molecule has 3 heterocycles. The summed E-state index contributed by atoms with van der Waals surface area (Å²) in [6, 6.07) is 5.95. The third-order valence-electron chi connectivity index (χ3n) is 3.33. The zero-order valence-electron chi connectivity index (χ0n) is 10.6. The summed E-state index contributed by atoms with van der Waals surface area (Å²) in [6.07, 6.45) is 0.913. The highest BCUT2D eigenvalue weighted by atomic mass is 79.9. The van der Waals surface area contributed by atoms with Crippen LogP contribution in [0.5, 0.6) is 0 Å². The molecule has 0 atom stereocenters. The van der Waals surface area contributed by atoms with Crippen molar-refractivity contribution < 1.29 is 0 Å². The predicted octanol–water partition coefficient (Wildman–Crippen LogP) is 2.16. The molecule has 0 radical (unpaired) electrons. The van der Waals surface area contributed by atoms with E-state index in [4.69, 9.17) is 0 Å². The molecule has 19 heavy (non-hydrogen) atoms. The number of hydrogen-bond acceptors (Lipinski definition) is 4. The van der Waals surface area contributed by atoms with Crippen molar-refractivity contribution in [3.8, 4) is 0 Å². The molecule has 0 amide bonds. The average Bonchev–Trinajstić information content (AvgIpc) is 2.77. The van der Waals surface area contributed by atoms with E-state index in [1.165, 1.54) is 9.56 Å². The van der Waals surface area contributed by atoms with Crippen molar-refractivity contribution in [2.45, 2.75) is 19.5 Å². The van der Waals surface area contributed by atoms with Crippen LogP contribution in [0.3, 0.4) is 0 Å². The molecule has 6 heteroatoms. The van der Waals surface area contributed by atoms with Crippen molar-refractivity contribution in [3.05, 3.63) is 48.5 Å². The third kappa shape index (κ3) is 2.80. The molecule has 0 spiro atoms. The molecule has 3 rings (SSSR count). The minimum Gasteiger partial charge on any atom is -0.294 e. The Morgan fingerprint density at radius 1 is 1.47 bits per heavy atom. The van der Waals surface area contributed by atoms with Gasteiger partial charge in [0, 0.05) is 44.0 Å². The maximum absolute atomic E-state index is 11.6. The summed E-state index contributed by atoms with van der Waals surface area (Å²) in [5.41, 5.74) is 2.11. The lowest BCUT2D eigenvalue weighted by Crippen LogP contribution is -2.33. The van der Waals surface area contributed by atoms with E-state index in [9.17, 15) is 4.79 Å². The molecule has 1 aliphatic rings. The van der Waals surface area contributed by atoms with Crippen molar-refractivity contribution in [1.29, 1.82) is 0 Å². The molecule has 2 aromatic heterocycles. The molecule has 2 aromatic rings. The number of halogens is 1. The van der Waals surface area contributed by atoms with E-state index < -0.39 is 0 Å². The molecule has 100 valence electrons. The molecule has 0 saturated heterocycles. The van der Waals surface area contributed by atoms with Gasteiger partial charge in [-0.3, -0.25) is 9.69 Å². The van der Waals surface area contributed by atoms with Gasteiger partial charge in [-0.15, -0.1) is 11.3 Å². The van der Waals surface area contributed by atoms with E-state index in [1.54, 1.807) is 24.5 Å². The Labute approximate surface area is 123 Å². The average molecular weight is 340 g/mol. The Morgan fingerprint density at radius 3 is 3.05 bits per heavy atom. The molecule has 1 aliphatic heterocycles. The Kier molecular flexibility index (Phi) is 3.56. The van der Waals surface area contributed by atoms with Gasteiger partial charge >= 0.3 is 0 Å². The van der Waals surface area contributed by atoms with Crippen LogP contribution in [-0.2, 0) is 26.6 Å².